The molecule has 1 heterocycles. The summed E-state index contributed by atoms with van der Waals surface area (Å²) in [5.41, 5.74) is 0.756. The minimum absolute atomic E-state index is 0.0434. The van der Waals surface area contributed by atoms with Crippen LogP contribution in [0.25, 0.3) is 0 Å². The molecule has 1 atom stereocenters. The summed E-state index contributed by atoms with van der Waals surface area (Å²) < 4.78 is 30.5. The summed E-state index contributed by atoms with van der Waals surface area (Å²) in [5, 5.41) is 2.87. The number of nitrogens with one attached hydrogen (secondary N) is 2. The van der Waals surface area contributed by atoms with Gasteiger partial charge >= 0.3 is 0 Å². The highest BCUT2D eigenvalue weighted by atomic mass is 32.2. The molecule has 0 radical (unpaired) electrons. The third kappa shape index (κ3) is 5.75. The van der Waals surface area contributed by atoms with Crippen LogP contribution in [-0.4, -0.2) is 31.6 Å². The number of benzene rings is 1. The number of pyridine rings is 1. The molecule has 7 nitrogen and oxygen atoms in total. The molecule has 134 valence electrons. The van der Waals surface area contributed by atoms with Crippen LogP contribution in [0, 0.1) is 0 Å². The first-order valence-electron chi connectivity index (χ1n) is 7.80. The number of nitrogens with zero attached hydrogens (tertiary/aromatic N) is 1. The van der Waals surface area contributed by atoms with Crippen molar-refractivity contribution >= 4 is 21.6 Å². The quantitative estimate of drug-likeness (QED) is 0.788. The van der Waals surface area contributed by atoms with E-state index in [4.69, 9.17) is 4.74 Å². The van der Waals surface area contributed by atoms with Crippen LogP contribution in [0.3, 0.4) is 0 Å². The number of amides is 1. The average molecular weight is 363 g/mol. The van der Waals surface area contributed by atoms with E-state index in [0.29, 0.717) is 17.0 Å². The molecule has 2 rings (SSSR count). The molecule has 0 saturated heterocycles. The molecular weight excluding hydrogens is 342 g/mol. The van der Waals surface area contributed by atoms with Gasteiger partial charge in [-0.3, -0.25) is 9.52 Å². The normalized spacial score (nSPS) is 12.3. The SMILES string of the molecule is CC[C@@H](C)NC(=O)c1cccnc1Oc1ccc(NS(C)(=O)=O)cc1. The first kappa shape index (κ1) is 18.7. The molecule has 0 aliphatic carbocycles. The Kier molecular flexibility index (Phi) is 5.97. The Bertz CT molecular complexity index is 835. The number of carbonyl (C=O) groups excluding carboxylic acids is 1. The average Bonchev–Trinajstić information content (AvgIpc) is 2.55. The van der Waals surface area contributed by atoms with Gasteiger partial charge in [0.15, 0.2) is 0 Å². The van der Waals surface area contributed by atoms with Crippen LogP contribution in [0.5, 0.6) is 11.6 Å². The lowest BCUT2D eigenvalue weighted by atomic mass is 10.2. The summed E-state index contributed by atoms with van der Waals surface area (Å²) in [5.74, 6) is 0.371. The third-order valence-electron chi connectivity index (χ3n) is 3.38. The zero-order chi connectivity index (χ0) is 18.4. The standard InChI is InChI=1S/C17H21N3O4S/c1-4-12(2)19-16(21)15-6-5-11-18-17(15)24-14-9-7-13(8-10-14)20-25(3,22)23/h5-12,20H,4H2,1-3H3,(H,19,21)/t12-/m1/s1. The molecule has 0 aliphatic rings. The van der Waals surface area contributed by atoms with E-state index in [0.717, 1.165) is 12.7 Å². The molecule has 0 bridgehead atoms. The molecule has 1 aromatic heterocycles. The van der Waals surface area contributed by atoms with Gasteiger partial charge in [-0.2, -0.15) is 0 Å². The topological polar surface area (TPSA) is 97.4 Å². The molecule has 0 unspecified atom stereocenters. The van der Waals surface area contributed by atoms with Gasteiger partial charge in [0.05, 0.1) is 6.26 Å². The van der Waals surface area contributed by atoms with Gasteiger partial charge in [-0.05, 0) is 49.7 Å². The second-order valence-electron chi connectivity index (χ2n) is 5.64. The van der Waals surface area contributed by atoms with E-state index in [1.807, 2.05) is 13.8 Å². The number of aromatic nitrogens is 1. The summed E-state index contributed by atoms with van der Waals surface area (Å²) in [6, 6.07) is 9.67. The van der Waals surface area contributed by atoms with Gasteiger partial charge in [0, 0.05) is 17.9 Å². The van der Waals surface area contributed by atoms with Crippen molar-refractivity contribution in [3.8, 4) is 11.6 Å². The molecule has 0 saturated carbocycles. The number of rotatable bonds is 7. The molecule has 0 aliphatic heterocycles. The Hall–Kier alpha value is -2.61. The number of sulfonamides is 1. The third-order valence-corrected chi connectivity index (χ3v) is 3.98. The Morgan fingerprint density at radius 1 is 1.24 bits per heavy atom. The van der Waals surface area contributed by atoms with Crippen molar-refractivity contribution in [1.82, 2.24) is 10.3 Å². The summed E-state index contributed by atoms with van der Waals surface area (Å²) >= 11 is 0. The fourth-order valence-electron chi connectivity index (χ4n) is 1.97. The van der Waals surface area contributed by atoms with Crippen LogP contribution in [-0.2, 0) is 10.0 Å². The maximum Gasteiger partial charge on any atom is 0.256 e. The number of hydrogen-bond donors (Lipinski definition) is 2. The van der Waals surface area contributed by atoms with Crippen molar-refractivity contribution in [2.24, 2.45) is 0 Å². The summed E-state index contributed by atoms with van der Waals surface area (Å²) in [4.78, 5) is 16.4. The van der Waals surface area contributed by atoms with Gasteiger partial charge in [-0.15, -0.1) is 0 Å². The number of ether oxygens (including phenoxy) is 1. The van der Waals surface area contributed by atoms with E-state index in [2.05, 4.69) is 15.0 Å². The minimum atomic E-state index is -3.34. The lowest BCUT2D eigenvalue weighted by molar-refractivity contribution is 0.0936. The first-order chi connectivity index (χ1) is 11.8. The lowest BCUT2D eigenvalue weighted by Crippen LogP contribution is -2.32. The molecular formula is C17H21N3O4S. The Balaban J connectivity index is 2.16. The maximum atomic E-state index is 12.3. The van der Waals surface area contributed by atoms with Crippen LogP contribution in [0.15, 0.2) is 42.6 Å². The van der Waals surface area contributed by atoms with Crippen molar-refractivity contribution < 1.29 is 17.9 Å². The van der Waals surface area contributed by atoms with Crippen molar-refractivity contribution in [2.45, 2.75) is 26.3 Å². The number of carbonyl (C=O) groups is 1. The smallest absolute Gasteiger partial charge is 0.256 e. The predicted molar refractivity (Wildman–Crippen MR) is 96.4 cm³/mol. The lowest BCUT2D eigenvalue weighted by Gasteiger charge is -2.14. The minimum Gasteiger partial charge on any atom is -0.438 e. The first-order valence-corrected chi connectivity index (χ1v) is 9.69. The predicted octanol–water partition coefficient (Wildman–Crippen LogP) is 2.77. The Morgan fingerprint density at radius 2 is 1.92 bits per heavy atom. The highest BCUT2D eigenvalue weighted by molar-refractivity contribution is 7.92. The van der Waals surface area contributed by atoms with Crippen molar-refractivity contribution in [1.29, 1.82) is 0 Å². The monoisotopic (exact) mass is 363 g/mol. The fraction of sp³-hybridized carbons (Fsp3) is 0.294. The molecule has 1 amide bonds. The van der Waals surface area contributed by atoms with Gasteiger partial charge in [0.25, 0.3) is 5.91 Å². The van der Waals surface area contributed by atoms with Gasteiger partial charge in [-0.1, -0.05) is 6.92 Å². The van der Waals surface area contributed by atoms with Crippen molar-refractivity contribution in [3.05, 3.63) is 48.2 Å². The summed E-state index contributed by atoms with van der Waals surface area (Å²) in [6.07, 6.45) is 3.43. The molecule has 2 N–H and O–H groups in total. The van der Waals surface area contributed by atoms with Crippen molar-refractivity contribution in [2.75, 3.05) is 11.0 Å². The zero-order valence-electron chi connectivity index (χ0n) is 14.3. The van der Waals surface area contributed by atoms with E-state index in [1.54, 1.807) is 36.4 Å². The molecule has 25 heavy (non-hydrogen) atoms. The Morgan fingerprint density at radius 3 is 2.52 bits per heavy atom. The fourth-order valence-corrected chi connectivity index (χ4v) is 2.53. The summed E-state index contributed by atoms with van der Waals surface area (Å²) in [7, 11) is -3.34. The van der Waals surface area contributed by atoms with Gasteiger partial charge in [-0.25, -0.2) is 13.4 Å². The van der Waals surface area contributed by atoms with E-state index in [1.165, 1.54) is 6.20 Å². The molecule has 1 aromatic carbocycles. The van der Waals surface area contributed by atoms with Gasteiger partial charge < -0.3 is 10.1 Å². The van der Waals surface area contributed by atoms with Crippen LogP contribution >= 0.6 is 0 Å². The van der Waals surface area contributed by atoms with E-state index >= 15 is 0 Å². The Labute approximate surface area is 147 Å². The number of hydrogen-bond acceptors (Lipinski definition) is 5. The highest BCUT2D eigenvalue weighted by Crippen LogP contribution is 2.24. The van der Waals surface area contributed by atoms with Crippen molar-refractivity contribution in [3.63, 3.8) is 0 Å². The number of anilines is 1. The van der Waals surface area contributed by atoms with Gasteiger partial charge in [0.1, 0.15) is 11.3 Å². The second-order valence-corrected chi connectivity index (χ2v) is 7.39. The van der Waals surface area contributed by atoms with Crippen LogP contribution < -0.4 is 14.8 Å². The molecule has 2 aromatic rings. The molecule has 8 heteroatoms. The van der Waals surface area contributed by atoms with Gasteiger partial charge in [0.2, 0.25) is 15.9 Å². The maximum absolute atomic E-state index is 12.3. The summed E-state index contributed by atoms with van der Waals surface area (Å²) in [6.45, 7) is 3.90. The highest BCUT2D eigenvalue weighted by Gasteiger charge is 2.15. The van der Waals surface area contributed by atoms with E-state index < -0.39 is 10.0 Å². The zero-order valence-corrected chi connectivity index (χ0v) is 15.1. The second kappa shape index (κ2) is 7.98. The van der Waals surface area contributed by atoms with E-state index in [9.17, 15) is 13.2 Å². The molecule has 0 fully saturated rings. The van der Waals surface area contributed by atoms with E-state index in [-0.39, 0.29) is 17.8 Å². The van der Waals surface area contributed by atoms with Crippen LogP contribution in [0.2, 0.25) is 0 Å². The molecule has 0 spiro atoms. The largest absolute Gasteiger partial charge is 0.438 e. The van der Waals surface area contributed by atoms with Crippen LogP contribution in [0.1, 0.15) is 30.6 Å². The van der Waals surface area contributed by atoms with Crippen LogP contribution in [0.4, 0.5) is 5.69 Å².